The maximum absolute atomic E-state index is 6.18. The van der Waals surface area contributed by atoms with Crippen molar-refractivity contribution in [2.45, 2.75) is 25.9 Å². The van der Waals surface area contributed by atoms with Crippen LogP contribution in [0.3, 0.4) is 0 Å². The van der Waals surface area contributed by atoms with Crippen molar-refractivity contribution in [3.63, 3.8) is 0 Å². The minimum absolute atomic E-state index is 0.421. The van der Waals surface area contributed by atoms with Crippen LogP contribution >= 0.6 is 11.6 Å². The first-order valence-corrected chi connectivity index (χ1v) is 7.30. The van der Waals surface area contributed by atoms with Crippen LogP contribution in [0.2, 0.25) is 5.02 Å². The van der Waals surface area contributed by atoms with Crippen molar-refractivity contribution < 1.29 is 4.74 Å². The lowest BCUT2D eigenvalue weighted by molar-refractivity contribution is -0.0108. The first-order chi connectivity index (χ1) is 9.31. The molecule has 1 atom stereocenters. The summed E-state index contributed by atoms with van der Waals surface area (Å²) in [5.41, 5.74) is 1.14. The van der Waals surface area contributed by atoms with Gasteiger partial charge in [0, 0.05) is 38.1 Å². The van der Waals surface area contributed by atoms with Crippen LogP contribution in [0.1, 0.15) is 18.9 Å². The van der Waals surface area contributed by atoms with Gasteiger partial charge in [0.2, 0.25) is 0 Å². The molecule has 19 heavy (non-hydrogen) atoms. The molecule has 1 aromatic rings. The molecule has 2 rings (SSSR count). The van der Waals surface area contributed by atoms with E-state index >= 15 is 0 Å². The second-order valence-corrected chi connectivity index (χ2v) is 5.28. The van der Waals surface area contributed by atoms with Gasteiger partial charge in [-0.3, -0.25) is 9.88 Å². The first-order valence-electron chi connectivity index (χ1n) is 6.92. The lowest BCUT2D eigenvalue weighted by Gasteiger charge is -2.36. The minimum Gasteiger partial charge on any atom is -0.378 e. The van der Waals surface area contributed by atoms with Gasteiger partial charge in [-0.1, -0.05) is 18.5 Å². The number of aromatic nitrogens is 1. The minimum atomic E-state index is 0.421. The summed E-state index contributed by atoms with van der Waals surface area (Å²) in [6.45, 7) is 7.61. The van der Waals surface area contributed by atoms with Gasteiger partial charge in [-0.25, -0.2) is 0 Å². The molecule has 1 saturated heterocycles. The Morgan fingerprint density at radius 1 is 1.58 bits per heavy atom. The highest BCUT2D eigenvalue weighted by Crippen LogP contribution is 2.18. The molecule has 1 aliphatic heterocycles. The molecule has 1 fully saturated rings. The third-order valence-electron chi connectivity index (χ3n) is 3.39. The Labute approximate surface area is 120 Å². The summed E-state index contributed by atoms with van der Waals surface area (Å²) in [5, 5.41) is 4.21. The largest absolute Gasteiger partial charge is 0.378 e. The highest BCUT2D eigenvalue weighted by atomic mass is 35.5. The molecule has 4 nitrogen and oxygen atoms in total. The SMILES string of the molecule is CCCNCC1COCCN1Cc1ccncc1Cl. The van der Waals surface area contributed by atoms with Crippen LogP contribution in [0.15, 0.2) is 18.5 Å². The van der Waals surface area contributed by atoms with Crippen molar-refractivity contribution >= 4 is 11.6 Å². The Morgan fingerprint density at radius 2 is 2.47 bits per heavy atom. The highest BCUT2D eigenvalue weighted by molar-refractivity contribution is 6.31. The predicted molar refractivity (Wildman–Crippen MR) is 77.4 cm³/mol. The molecule has 5 heteroatoms. The number of pyridine rings is 1. The Hall–Kier alpha value is -0.680. The molecule has 0 bridgehead atoms. The van der Waals surface area contributed by atoms with Crippen molar-refractivity contribution in [2.24, 2.45) is 0 Å². The Kier molecular flexibility index (Phi) is 6.04. The van der Waals surface area contributed by atoms with Crippen molar-refractivity contribution in [1.29, 1.82) is 0 Å². The number of rotatable bonds is 6. The molecule has 0 aromatic carbocycles. The molecular weight excluding hydrogens is 262 g/mol. The number of morpholine rings is 1. The highest BCUT2D eigenvalue weighted by Gasteiger charge is 2.23. The molecule has 0 radical (unpaired) electrons. The summed E-state index contributed by atoms with van der Waals surface area (Å²) in [4.78, 5) is 6.47. The van der Waals surface area contributed by atoms with Crippen molar-refractivity contribution in [3.8, 4) is 0 Å². The average Bonchev–Trinajstić information content (AvgIpc) is 2.43. The lowest BCUT2D eigenvalue weighted by Crippen LogP contribution is -2.49. The van der Waals surface area contributed by atoms with Gasteiger partial charge in [0.25, 0.3) is 0 Å². The predicted octanol–water partition coefficient (Wildman–Crippen LogP) is 1.94. The van der Waals surface area contributed by atoms with Gasteiger partial charge < -0.3 is 10.1 Å². The molecule has 1 aromatic heterocycles. The van der Waals surface area contributed by atoms with Gasteiger partial charge in [0.1, 0.15) is 0 Å². The fourth-order valence-electron chi connectivity index (χ4n) is 2.28. The van der Waals surface area contributed by atoms with Crippen LogP contribution in [0, 0.1) is 0 Å². The van der Waals surface area contributed by atoms with Gasteiger partial charge in [0.15, 0.2) is 0 Å². The lowest BCUT2D eigenvalue weighted by atomic mass is 10.1. The monoisotopic (exact) mass is 283 g/mol. The van der Waals surface area contributed by atoms with E-state index in [4.69, 9.17) is 16.3 Å². The molecular formula is C14H22ClN3O. The molecule has 0 saturated carbocycles. The zero-order valence-corrected chi connectivity index (χ0v) is 12.2. The number of hydrogen-bond donors (Lipinski definition) is 1. The second-order valence-electron chi connectivity index (χ2n) is 4.87. The van der Waals surface area contributed by atoms with Crippen molar-refractivity contribution in [3.05, 3.63) is 29.0 Å². The molecule has 0 amide bonds. The first kappa shape index (κ1) is 14.7. The summed E-state index contributed by atoms with van der Waals surface area (Å²) in [6, 6.07) is 2.42. The molecule has 1 N–H and O–H groups in total. The number of halogens is 1. The molecule has 0 spiro atoms. The third kappa shape index (κ3) is 4.42. The van der Waals surface area contributed by atoms with Crippen LogP contribution in [0.25, 0.3) is 0 Å². The van der Waals surface area contributed by atoms with Crippen LogP contribution < -0.4 is 5.32 Å². The standard InChI is InChI=1S/C14H22ClN3O/c1-2-4-16-8-13-11-19-7-6-18(13)10-12-3-5-17-9-14(12)15/h3,5,9,13,16H,2,4,6-8,10-11H2,1H3. The normalized spacial score (nSPS) is 20.6. The van der Waals surface area contributed by atoms with Gasteiger partial charge in [0.05, 0.1) is 18.2 Å². The maximum Gasteiger partial charge on any atom is 0.0635 e. The molecule has 106 valence electrons. The number of nitrogens with zero attached hydrogens (tertiary/aromatic N) is 2. The van der Waals surface area contributed by atoms with E-state index in [9.17, 15) is 0 Å². The summed E-state index contributed by atoms with van der Waals surface area (Å²) < 4.78 is 5.58. The van der Waals surface area contributed by atoms with Gasteiger partial charge >= 0.3 is 0 Å². The summed E-state index contributed by atoms with van der Waals surface area (Å²) >= 11 is 6.18. The summed E-state index contributed by atoms with van der Waals surface area (Å²) in [7, 11) is 0. The molecule has 2 heterocycles. The van der Waals surface area contributed by atoms with Gasteiger partial charge in [-0.2, -0.15) is 0 Å². The fourth-order valence-corrected chi connectivity index (χ4v) is 2.46. The van der Waals surface area contributed by atoms with E-state index in [0.29, 0.717) is 6.04 Å². The summed E-state index contributed by atoms with van der Waals surface area (Å²) in [5.74, 6) is 0. The molecule has 1 aliphatic rings. The maximum atomic E-state index is 6.18. The van der Waals surface area contributed by atoms with E-state index in [1.807, 2.05) is 6.07 Å². The van der Waals surface area contributed by atoms with E-state index in [1.54, 1.807) is 12.4 Å². The number of ether oxygens (including phenoxy) is 1. The van der Waals surface area contributed by atoms with Crippen LogP contribution in [0.4, 0.5) is 0 Å². The number of hydrogen-bond acceptors (Lipinski definition) is 4. The van der Waals surface area contributed by atoms with E-state index in [1.165, 1.54) is 0 Å². The molecule has 0 aliphatic carbocycles. The summed E-state index contributed by atoms with van der Waals surface area (Å²) in [6.07, 6.45) is 4.66. The van der Waals surface area contributed by atoms with Crippen LogP contribution in [-0.2, 0) is 11.3 Å². The smallest absolute Gasteiger partial charge is 0.0635 e. The van der Waals surface area contributed by atoms with E-state index in [2.05, 4.69) is 22.1 Å². The van der Waals surface area contributed by atoms with E-state index in [-0.39, 0.29) is 0 Å². The Morgan fingerprint density at radius 3 is 3.26 bits per heavy atom. The zero-order chi connectivity index (χ0) is 13.5. The van der Waals surface area contributed by atoms with Crippen LogP contribution in [-0.4, -0.2) is 48.8 Å². The Bertz CT molecular complexity index is 389. The Balaban J connectivity index is 1.93. The fraction of sp³-hybridized carbons (Fsp3) is 0.643. The van der Waals surface area contributed by atoms with Crippen molar-refractivity contribution in [1.82, 2.24) is 15.2 Å². The van der Waals surface area contributed by atoms with Gasteiger partial charge in [-0.15, -0.1) is 0 Å². The third-order valence-corrected chi connectivity index (χ3v) is 3.73. The second kappa shape index (κ2) is 7.80. The van der Waals surface area contributed by atoms with Gasteiger partial charge in [-0.05, 0) is 24.6 Å². The number of nitrogens with one attached hydrogen (secondary N) is 1. The van der Waals surface area contributed by atoms with E-state index < -0.39 is 0 Å². The van der Waals surface area contributed by atoms with E-state index in [0.717, 1.165) is 56.4 Å². The topological polar surface area (TPSA) is 37.4 Å². The average molecular weight is 284 g/mol. The zero-order valence-electron chi connectivity index (χ0n) is 11.4. The molecule has 1 unspecified atom stereocenters. The quantitative estimate of drug-likeness (QED) is 0.810. The van der Waals surface area contributed by atoms with Crippen LogP contribution in [0.5, 0.6) is 0 Å². The van der Waals surface area contributed by atoms with Crippen molar-refractivity contribution in [2.75, 3.05) is 32.8 Å².